The fraction of sp³-hybridized carbons (Fsp3) is 0.219. The molecule has 0 radical (unpaired) electrons. The van der Waals surface area contributed by atoms with Crippen molar-refractivity contribution < 1.29 is 14.3 Å². The van der Waals surface area contributed by atoms with Crippen LogP contribution in [0.4, 0.5) is 0 Å². The van der Waals surface area contributed by atoms with E-state index in [9.17, 15) is 4.79 Å². The molecular weight excluding hydrogens is 446 g/mol. The van der Waals surface area contributed by atoms with E-state index in [1.54, 1.807) is 0 Å². The molecule has 0 heterocycles. The monoisotopic (exact) mass is 479 g/mol. The molecule has 0 aliphatic heterocycles. The highest BCUT2D eigenvalue weighted by Crippen LogP contribution is 2.36. The first-order valence-corrected chi connectivity index (χ1v) is 12.4. The number of esters is 1. The van der Waals surface area contributed by atoms with Gasteiger partial charge in [0.25, 0.3) is 0 Å². The standard InChI is InChI=1S/C32H33NO3/c1-35-31(34)23-22-26-14-11-12-21-30(26)36-25-13-24-33-32(27-15-5-2-6-16-27,28-17-7-3-8-18-28)29-19-9-4-10-20-29/h2-12,14-21,33H,13,22-25H2,1H3. The molecule has 0 bridgehead atoms. The molecule has 0 aromatic heterocycles. The number of ether oxygens (including phenoxy) is 2. The van der Waals surface area contributed by atoms with E-state index in [2.05, 4.69) is 96.3 Å². The van der Waals surface area contributed by atoms with Crippen molar-refractivity contribution in [3.05, 3.63) is 138 Å². The molecule has 0 amide bonds. The van der Waals surface area contributed by atoms with Gasteiger partial charge in [-0.1, -0.05) is 109 Å². The first-order valence-electron chi connectivity index (χ1n) is 12.4. The molecule has 36 heavy (non-hydrogen) atoms. The minimum absolute atomic E-state index is 0.215. The van der Waals surface area contributed by atoms with Gasteiger partial charge < -0.3 is 9.47 Å². The Bertz CT molecular complexity index is 1110. The van der Waals surface area contributed by atoms with Gasteiger partial charge in [-0.25, -0.2) is 0 Å². The van der Waals surface area contributed by atoms with Gasteiger partial charge in [-0.2, -0.15) is 0 Å². The SMILES string of the molecule is COC(=O)CCc1ccccc1OCCCNC(c1ccccc1)(c1ccccc1)c1ccccc1. The van der Waals surface area contributed by atoms with Crippen LogP contribution in [0, 0.1) is 0 Å². The molecule has 0 aliphatic carbocycles. The van der Waals surface area contributed by atoms with Crippen LogP contribution in [0.5, 0.6) is 5.75 Å². The second-order valence-corrected chi connectivity index (χ2v) is 8.66. The smallest absolute Gasteiger partial charge is 0.305 e. The molecule has 1 N–H and O–H groups in total. The van der Waals surface area contributed by atoms with Crippen molar-refractivity contribution in [1.29, 1.82) is 0 Å². The van der Waals surface area contributed by atoms with Gasteiger partial charge in [0, 0.05) is 6.42 Å². The first-order chi connectivity index (χ1) is 17.7. The van der Waals surface area contributed by atoms with Crippen LogP contribution in [-0.2, 0) is 21.5 Å². The van der Waals surface area contributed by atoms with E-state index in [0.717, 1.165) is 24.3 Å². The molecule has 0 saturated carbocycles. The van der Waals surface area contributed by atoms with Crippen molar-refractivity contribution in [2.24, 2.45) is 0 Å². The highest BCUT2D eigenvalue weighted by molar-refractivity contribution is 5.69. The normalized spacial score (nSPS) is 11.1. The summed E-state index contributed by atoms with van der Waals surface area (Å²) in [5.74, 6) is 0.606. The van der Waals surface area contributed by atoms with Gasteiger partial charge in [-0.3, -0.25) is 10.1 Å². The Kier molecular flexibility index (Phi) is 8.90. The van der Waals surface area contributed by atoms with Crippen LogP contribution in [0.15, 0.2) is 115 Å². The quantitative estimate of drug-likeness (QED) is 0.151. The molecular formula is C32H33NO3. The zero-order valence-electron chi connectivity index (χ0n) is 20.7. The van der Waals surface area contributed by atoms with Crippen LogP contribution in [-0.4, -0.2) is 26.2 Å². The number of hydrogen-bond acceptors (Lipinski definition) is 4. The fourth-order valence-electron chi connectivity index (χ4n) is 4.59. The van der Waals surface area contributed by atoms with Gasteiger partial charge in [0.15, 0.2) is 0 Å². The highest BCUT2D eigenvalue weighted by Gasteiger charge is 2.35. The number of benzene rings is 4. The number of carbonyl (C=O) groups is 1. The van der Waals surface area contributed by atoms with Crippen molar-refractivity contribution in [2.75, 3.05) is 20.3 Å². The number of hydrogen-bond donors (Lipinski definition) is 1. The lowest BCUT2D eigenvalue weighted by Crippen LogP contribution is -2.45. The molecule has 0 atom stereocenters. The Morgan fingerprint density at radius 1 is 0.722 bits per heavy atom. The average Bonchev–Trinajstić information content (AvgIpc) is 2.95. The Labute approximate surface area is 213 Å². The van der Waals surface area contributed by atoms with Gasteiger partial charge in [0.05, 0.1) is 19.3 Å². The van der Waals surface area contributed by atoms with Crippen LogP contribution in [0.25, 0.3) is 0 Å². The lowest BCUT2D eigenvalue weighted by molar-refractivity contribution is -0.140. The number of nitrogens with one attached hydrogen (secondary N) is 1. The number of para-hydroxylation sites is 1. The first kappa shape index (κ1) is 25.2. The Morgan fingerprint density at radius 2 is 1.22 bits per heavy atom. The van der Waals surface area contributed by atoms with Gasteiger partial charge >= 0.3 is 5.97 Å². The maximum absolute atomic E-state index is 11.6. The van der Waals surface area contributed by atoms with E-state index in [1.165, 1.54) is 23.8 Å². The average molecular weight is 480 g/mol. The molecule has 4 nitrogen and oxygen atoms in total. The summed E-state index contributed by atoms with van der Waals surface area (Å²) in [6, 6.07) is 39.7. The minimum Gasteiger partial charge on any atom is -0.493 e. The van der Waals surface area contributed by atoms with Gasteiger partial charge in [-0.15, -0.1) is 0 Å². The topological polar surface area (TPSA) is 47.6 Å². The summed E-state index contributed by atoms with van der Waals surface area (Å²) in [5.41, 5.74) is 4.11. The van der Waals surface area contributed by atoms with Crippen LogP contribution >= 0.6 is 0 Å². The molecule has 4 rings (SSSR count). The lowest BCUT2D eigenvalue weighted by Gasteiger charge is -2.37. The number of methoxy groups -OCH3 is 1. The molecule has 4 heteroatoms. The second-order valence-electron chi connectivity index (χ2n) is 8.66. The molecule has 0 aliphatic rings. The fourth-order valence-corrected chi connectivity index (χ4v) is 4.59. The predicted molar refractivity (Wildman–Crippen MR) is 144 cm³/mol. The summed E-state index contributed by atoms with van der Waals surface area (Å²) in [5, 5.41) is 3.89. The third-order valence-electron chi connectivity index (χ3n) is 6.39. The summed E-state index contributed by atoms with van der Waals surface area (Å²) in [4.78, 5) is 11.6. The van der Waals surface area contributed by atoms with Crippen molar-refractivity contribution >= 4 is 5.97 Å². The molecule has 0 saturated heterocycles. The minimum atomic E-state index is -0.484. The Morgan fingerprint density at radius 3 is 1.75 bits per heavy atom. The number of carbonyl (C=O) groups excluding carboxylic acids is 1. The maximum Gasteiger partial charge on any atom is 0.305 e. The summed E-state index contributed by atoms with van der Waals surface area (Å²) >= 11 is 0. The maximum atomic E-state index is 11.6. The van der Waals surface area contributed by atoms with E-state index < -0.39 is 5.54 Å². The third kappa shape index (κ3) is 6.02. The summed E-state index contributed by atoms with van der Waals surface area (Å²) in [7, 11) is 1.41. The van der Waals surface area contributed by atoms with Crippen LogP contribution in [0.2, 0.25) is 0 Å². The van der Waals surface area contributed by atoms with Crippen molar-refractivity contribution in [2.45, 2.75) is 24.8 Å². The highest BCUT2D eigenvalue weighted by atomic mass is 16.5. The van der Waals surface area contributed by atoms with Crippen molar-refractivity contribution in [1.82, 2.24) is 5.32 Å². The Hall–Kier alpha value is -3.89. The molecule has 0 fully saturated rings. The van der Waals surface area contributed by atoms with E-state index in [4.69, 9.17) is 9.47 Å². The Balaban J connectivity index is 1.50. The predicted octanol–water partition coefficient (Wildman–Crippen LogP) is 6.14. The molecule has 0 spiro atoms. The van der Waals surface area contributed by atoms with Crippen LogP contribution in [0.1, 0.15) is 35.1 Å². The molecule has 4 aromatic carbocycles. The van der Waals surface area contributed by atoms with Crippen LogP contribution in [0.3, 0.4) is 0 Å². The summed E-state index contributed by atoms with van der Waals surface area (Å²) in [6.07, 6.45) is 1.76. The van der Waals surface area contributed by atoms with E-state index >= 15 is 0 Å². The number of aryl methyl sites for hydroxylation is 1. The van der Waals surface area contributed by atoms with E-state index in [0.29, 0.717) is 19.4 Å². The zero-order valence-corrected chi connectivity index (χ0v) is 20.7. The van der Waals surface area contributed by atoms with E-state index in [-0.39, 0.29) is 5.97 Å². The summed E-state index contributed by atoms with van der Waals surface area (Å²) < 4.78 is 10.9. The third-order valence-corrected chi connectivity index (χ3v) is 6.39. The van der Waals surface area contributed by atoms with Crippen molar-refractivity contribution in [3.63, 3.8) is 0 Å². The molecule has 184 valence electrons. The van der Waals surface area contributed by atoms with Gasteiger partial charge in [0.1, 0.15) is 5.75 Å². The molecule has 0 unspecified atom stereocenters. The largest absolute Gasteiger partial charge is 0.493 e. The van der Waals surface area contributed by atoms with Gasteiger partial charge in [0.2, 0.25) is 0 Å². The van der Waals surface area contributed by atoms with Crippen LogP contribution < -0.4 is 10.1 Å². The zero-order chi connectivity index (χ0) is 25.1. The second kappa shape index (κ2) is 12.7. The lowest BCUT2D eigenvalue weighted by atomic mass is 9.77. The molecule has 4 aromatic rings. The number of rotatable bonds is 12. The van der Waals surface area contributed by atoms with E-state index in [1.807, 2.05) is 24.3 Å². The van der Waals surface area contributed by atoms with Gasteiger partial charge in [-0.05, 0) is 47.7 Å². The summed E-state index contributed by atoms with van der Waals surface area (Å²) in [6.45, 7) is 1.32. The van der Waals surface area contributed by atoms with Crippen molar-refractivity contribution in [3.8, 4) is 5.75 Å².